The van der Waals surface area contributed by atoms with Crippen LogP contribution in [0.25, 0.3) is 0 Å². The molecule has 0 radical (unpaired) electrons. The second-order valence-electron chi connectivity index (χ2n) is 5.32. The van der Waals surface area contributed by atoms with Gasteiger partial charge in [-0.3, -0.25) is 0 Å². The standard InChI is InChI=1S/C18H24N2O/c1-4-12-21-17-11-7-10-16(18(17)19)20(3)13-15-9-6-5-8-14(15)2/h5-11H,4,12-13,19H2,1-3H3. The number of nitrogen functional groups attached to an aromatic ring is 1. The third-order valence-corrected chi connectivity index (χ3v) is 3.58. The van der Waals surface area contributed by atoms with Gasteiger partial charge in [-0.25, -0.2) is 0 Å². The maximum absolute atomic E-state index is 6.25. The summed E-state index contributed by atoms with van der Waals surface area (Å²) in [5.74, 6) is 0.769. The van der Waals surface area contributed by atoms with Crippen molar-refractivity contribution in [3.05, 3.63) is 53.6 Å². The Labute approximate surface area is 127 Å². The van der Waals surface area contributed by atoms with E-state index in [0.29, 0.717) is 12.3 Å². The Balaban J connectivity index is 2.19. The molecule has 2 aromatic rings. The Hall–Kier alpha value is -2.16. The molecule has 0 bridgehead atoms. The molecular weight excluding hydrogens is 260 g/mol. The van der Waals surface area contributed by atoms with E-state index in [1.54, 1.807) is 0 Å². The molecule has 0 amide bonds. The Kier molecular flexibility index (Phi) is 5.09. The van der Waals surface area contributed by atoms with Crippen LogP contribution < -0.4 is 15.4 Å². The Bertz CT molecular complexity index is 596. The van der Waals surface area contributed by atoms with Gasteiger partial charge in [-0.1, -0.05) is 37.3 Å². The van der Waals surface area contributed by atoms with Crippen LogP contribution in [0.15, 0.2) is 42.5 Å². The van der Waals surface area contributed by atoms with Gasteiger partial charge in [0.25, 0.3) is 0 Å². The predicted molar refractivity (Wildman–Crippen MR) is 89.9 cm³/mol. The number of nitrogens with two attached hydrogens (primary N) is 1. The minimum atomic E-state index is 0.690. The molecule has 2 N–H and O–H groups in total. The Morgan fingerprint density at radius 1 is 1.10 bits per heavy atom. The molecule has 0 fully saturated rings. The van der Waals surface area contributed by atoms with E-state index in [2.05, 4.69) is 50.1 Å². The third kappa shape index (κ3) is 3.69. The van der Waals surface area contributed by atoms with Gasteiger partial charge in [-0.2, -0.15) is 0 Å². The fourth-order valence-electron chi connectivity index (χ4n) is 2.33. The van der Waals surface area contributed by atoms with Crippen molar-refractivity contribution >= 4 is 11.4 Å². The van der Waals surface area contributed by atoms with Crippen molar-refractivity contribution in [2.45, 2.75) is 26.8 Å². The Morgan fingerprint density at radius 3 is 2.57 bits per heavy atom. The fraction of sp³-hybridized carbons (Fsp3) is 0.333. The zero-order valence-electron chi connectivity index (χ0n) is 13.1. The first-order valence-corrected chi connectivity index (χ1v) is 7.40. The minimum Gasteiger partial charge on any atom is -0.491 e. The molecule has 0 spiro atoms. The van der Waals surface area contributed by atoms with Gasteiger partial charge in [0, 0.05) is 13.6 Å². The van der Waals surface area contributed by atoms with E-state index in [1.807, 2.05) is 18.2 Å². The van der Waals surface area contributed by atoms with Crippen LogP contribution in [-0.2, 0) is 6.54 Å². The van der Waals surface area contributed by atoms with Crippen molar-refractivity contribution in [3.63, 3.8) is 0 Å². The summed E-state index contributed by atoms with van der Waals surface area (Å²) in [6.07, 6.45) is 0.975. The van der Waals surface area contributed by atoms with Crippen LogP contribution in [0.1, 0.15) is 24.5 Å². The van der Waals surface area contributed by atoms with Gasteiger partial charge >= 0.3 is 0 Å². The number of hydrogen-bond acceptors (Lipinski definition) is 3. The number of anilines is 2. The smallest absolute Gasteiger partial charge is 0.144 e. The monoisotopic (exact) mass is 284 g/mol. The molecule has 2 aromatic carbocycles. The van der Waals surface area contributed by atoms with Crippen LogP contribution in [0.5, 0.6) is 5.75 Å². The maximum Gasteiger partial charge on any atom is 0.144 e. The summed E-state index contributed by atoms with van der Waals surface area (Å²) in [4.78, 5) is 2.16. The zero-order valence-corrected chi connectivity index (χ0v) is 13.1. The highest BCUT2D eigenvalue weighted by molar-refractivity contribution is 5.73. The first-order valence-electron chi connectivity index (χ1n) is 7.40. The van der Waals surface area contributed by atoms with Crippen LogP contribution in [0.3, 0.4) is 0 Å². The minimum absolute atomic E-state index is 0.690. The molecule has 0 saturated heterocycles. The normalized spacial score (nSPS) is 10.4. The van der Waals surface area contributed by atoms with Crippen molar-refractivity contribution < 1.29 is 4.74 Å². The molecule has 0 saturated carbocycles. The summed E-state index contributed by atoms with van der Waals surface area (Å²) in [6, 6.07) is 14.4. The summed E-state index contributed by atoms with van der Waals surface area (Å²) in [6.45, 7) is 5.74. The first-order chi connectivity index (χ1) is 10.1. The van der Waals surface area contributed by atoms with Gasteiger partial charge in [0.05, 0.1) is 18.0 Å². The van der Waals surface area contributed by atoms with Gasteiger partial charge in [-0.05, 0) is 36.6 Å². The van der Waals surface area contributed by atoms with Crippen molar-refractivity contribution in [2.24, 2.45) is 0 Å². The van der Waals surface area contributed by atoms with E-state index in [9.17, 15) is 0 Å². The number of nitrogens with zero attached hydrogens (tertiary/aromatic N) is 1. The van der Waals surface area contributed by atoms with Crippen molar-refractivity contribution in [2.75, 3.05) is 24.3 Å². The molecule has 0 aliphatic rings. The summed E-state index contributed by atoms with van der Waals surface area (Å²) < 4.78 is 5.70. The number of aryl methyl sites for hydroxylation is 1. The van der Waals surface area contributed by atoms with E-state index in [-0.39, 0.29) is 0 Å². The molecule has 0 aromatic heterocycles. The Morgan fingerprint density at radius 2 is 1.86 bits per heavy atom. The molecule has 2 rings (SSSR count). The molecular formula is C18H24N2O. The lowest BCUT2D eigenvalue weighted by atomic mass is 10.1. The predicted octanol–water partition coefficient (Wildman–Crippen LogP) is 4.00. The van der Waals surface area contributed by atoms with Gasteiger partial charge in [0.2, 0.25) is 0 Å². The second kappa shape index (κ2) is 7.02. The zero-order chi connectivity index (χ0) is 15.2. The quantitative estimate of drug-likeness (QED) is 0.815. The highest BCUT2D eigenvalue weighted by Gasteiger charge is 2.11. The molecule has 0 unspecified atom stereocenters. The molecule has 0 atom stereocenters. The van der Waals surface area contributed by atoms with Crippen LogP contribution >= 0.6 is 0 Å². The molecule has 3 heteroatoms. The summed E-state index contributed by atoms with van der Waals surface area (Å²) >= 11 is 0. The lowest BCUT2D eigenvalue weighted by Crippen LogP contribution is -2.18. The topological polar surface area (TPSA) is 38.5 Å². The number of rotatable bonds is 6. The number of hydrogen-bond donors (Lipinski definition) is 1. The van der Waals surface area contributed by atoms with E-state index in [4.69, 9.17) is 10.5 Å². The number of ether oxygens (including phenoxy) is 1. The van der Waals surface area contributed by atoms with Crippen LogP contribution in [0.4, 0.5) is 11.4 Å². The van der Waals surface area contributed by atoms with Crippen molar-refractivity contribution in [1.82, 2.24) is 0 Å². The van der Waals surface area contributed by atoms with Gasteiger partial charge in [-0.15, -0.1) is 0 Å². The average molecular weight is 284 g/mol. The number of benzene rings is 2. The SMILES string of the molecule is CCCOc1cccc(N(C)Cc2ccccc2C)c1N. The molecule has 0 aliphatic heterocycles. The van der Waals surface area contributed by atoms with Crippen LogP contribution in [0, 0.1) is 6.92 Å². The highest BCUT2D eigenvalue weighted by atomic mass is 16.5. The molecule has 112 valence electrons. The summed E-state index contributed by atoms with van der Waals surface area (Å²) in [5, 5.41) is 0. The second-order valence-corrected chi connectivity index (χ2v) is 5.32. The lowest BCUT2D eigenvalue weighted by Gasteiger charge is -2.23. The highest BCUT2D eigenvalue weighted by Crippen LogP contribution is 2.32. The molecule has 0 heterocycles. The first kappa shape index (κ1) is 15.2. The molecule has 0 aliphatic carbocycles. The summed E-state index contributed by atoms with van der Waals surface area (Å²) in [5.41, 5.74) is 10.6. The maximum atomic E-state index is 6.25. The van der Waals surface area contributed by atoms with E-state index >= 15 is 0 Å². The van der Waals surface area contributed by atoms with Crippen molar-refractivity contribution in [3.8, 4) is 5.75 Å². The van der Waals surface area contributed by atoms with Crippen LogP contribution in [-0.4, -0.2) is 13.7 Å². The molecule has 21 heavy (non-hydrogen) atoms. The van der Waals surface area contributed by atoms with E-state index < -0.39 is 0 Å². The lowest BCUT2D eigenvalue weighted by molar-refractivity contribution is 0.319. The fourth-order valence-corrected chi connectivity index (χ4v) is 2.33. The van der Waals surface area contributed by atoms with Gasteiger partial charge in [0.1, 0.15) is 5.75 Å². The van der Waals surface area contributed by atoms with Gasteiger partial charge in [0.15, 0.2) is 0 Å². The third-order valence-electron chi connectivity index (χ3n) is 3.58. The van der Waals surface area contributed by atoms with Crippen LogP contribution in [0.2, 0.25) is 0 Å². The van der Waals surface area contributed by atoms with Gasteiger partial charge < -0.3 is 15.4 Å². The summed E-state index contributed by atoms with van der Waals surface area (Å²) in [7, 11) is 2.06. The molecule has 3 nitrogen and oxygen atoms in total. The van der Waals surface area contributed by atoms with E-state index in [1.165, 1.54) is 11.1 Å². The van der Waals surface area contributed by atoms with E-state index in [0.717, 1.165) is 24.4 Å². The largest absolute Gasteiger partial charge is 0.491 e. The van der Waals surface area contributed by atoms with Crippen molar-refractivity contribution in [1.29, 1.82) is 0 Å². The number of para-hydroxylation sites is 1. The average Bonchev–Trinajstić information content (AvgIpc) is 2.48.